The maximum absolute atomic E-state index is 11.7. The zero-order valence-electron chi connectivity index (χ0n) is 12.4. The third-order valence-corrected chi connectivity index (χ3v) is 3.81. The molecule has 0 aliphatic heterocycles. The molecule has 1 unspecified atom stereocenters. The molecule has 0 fully saturated rings. The summed E-state index contributed by atoms with van der Waals surface area (Å²) >= 11 is 0. The van der Waals surface area contributed by atoms with Crippen LogP contribution in [0.2, 0.25) is 0 Å². The van der Waals surface area contributed by atoms with E-state index in [4.69, 9.17) is 10.8 Å². The minimum Gasteiger partial charge on any atom is -0.481 e. The zero-order chi connectivity index (χ0) is 17.0. The highest BCUT2D eigenvalue weighted by atomic mass is 16.4. The van der Waals surface area contributed by atoms with Gasteiger partial charge in [-0.15, -0.1) is 0 Å². The number of hydrogen-bond donors (Lipinski definition) is 3. The van der Waals surface area contributed by atoms with Crippen LogP contribution in [0.15, 0.2) is 42.5 Å². The van der Waals surface area contributed by atoms with E-state index in [-0.39, 0.29) is 6.42 Å². The minimum absolute atomic E-state index is 0.0809. The number of benzene rings is 2. The van der Waals surface area contributed by atoms with E-state index in [9.17, 15) is 19.5 Å². The zero-order valence-corrected chi connectivity index (χ0v) is 12.4. The van der Waals surface area contributed by atoms with Crippen molar-refractivity contribution >= 4 is 28.6 Å². The first-order valence-electron chi connectivity index (χ1n) is 7.03. The molecule has 0 heterocycles. The molecule has 0 bridgehead atoms. The number of carboxylic acid groups (broad SMARTS) is 2. The van der Waals surface area contributed by atoms with Crippen LogP contribution in [0.25, 0.3) is 10.8 Å². The van der Waals surface area contributed by atoms with E-state index in [0.29, 0.717) is 5.56 Å². The smallest absolute Gasteiger partial charge is 0.311 e. The van der Waals surface area contributed by atoms with E-state index in [1.807, 2.05) is 30.3 Å². The van der Waals surface area contributed by atoms with E-state index in [0.717, 1.165) is 10.8 Å². The second-order valence-corrected chi connectivity index (χ2v) is 5.66. The number of primary amides is 1. The monoisotopic (exact) mass is 315 g/mol. The van der Waals surface area contributed by atoms with Gasteiger partial charge in [0.2, 0.25) is 5.91 Å². The second kappa shape index (κ2) is 6.48. The largest absolute Gasteiger partial charge is 0.481 e. The molecule has 0 saturated heterocycles. The van der Waals surface area contributed by atoms with Crippen LogP contribution in [0.4, 0.5) is 0 Å². The third-order valence-electron chi connectivity index (χ3n) is 3.81. The number of carbonyl (C=O) groups is 3. The molecule has 1 amide bonds. The van der Waals surface area contributed by atoms with Crippen LogP contribution in [0, 0.1) is 5.41 Å². The fraction of sp³-hybridized carbons (Fsp3) is 0.235. The Hall–Kier alpha value is -2.89. The lowest BCUT2D eigenvalue weighted by Gasteiger charge is -2.26. The van der Waals surface area contributed by atoms with Crippen LogP contribution in [-0.2, 0) is 20.8 Å². The Morgan fingerprint density at radius 3 is 2.17 bits per heavy atom. The number of carbonyl (C=O) groups excluding carboxylic acids is 1. The predicted octanol–water partition coefficient (Wildman–Crippen LogP) is 1.80. The van der Waals surface area contributed by atoms with Crippen molar-refractivity contribution in [3.63, 3.8) is 0 Å². The molecule has 0 aromatic heterocycles. The topological polar surface area (TPSA) is 118 Å². The Bertz CT molecular complexity index is 752. The maximum atomic E-state index is 11.7. The molecule has 6 heteroatoms. The van der Waals surface area contributed by atoms with Crippen molar-refractivity contribution < 1.29 is 24.6 Å². The summed E-state index contributed by atoms with van der Waals surface area (Å²) in [6, 6.07) is 12.9. The number of amides is 1. The average Bonchev–Trinajstić information content (AvgIpc) is 2.45. The number of rotatable bonds is 7. The summed E-state index contributed by atoms with van der Waals surface area (Å²) in [4.78, 5) is 34.0. The molecule has 0 radical (unpaired) electrons. The molecule has 6 nitrogen and oxygen atoms in total. The highest BCUT2D eigenvalue weighted by molar-refractivity contribution is 5.88. The number of carboxylic acids is 2. The van der Waals surface area contributed by atoms with Crippen LogP contribution in [0.3, 0.4) is 0 Å². The van der Waals surface area contributed by atoms with Gasteiger partial charge in [-0.2, -0.15) is 0 Å². The minimum atomic E-state index is -1.75. The fourth-order valence-electron chi connectivity index (χ4n) is 2.78. The van der Waals surface area contributed by atoms with Gasteiger partial charge in [-0.25, -0.2) is 0 Å². The van der Waals surface area contributed by atoms with Crippen LogP contribution in [-0.4, -0.2) is 28.1 Å². The molecule has 23 heavy (non-hydrogen) atoms. The first-order chi connectivity index (χ1) is 10.8. The van der Waals surface area contributed by atoms with Gasteiger partial charge in [-0.3, -0.25) is 14.4 Å². The molecule has 0 saturated carbocycles. The van der Waals surface area contributed by atoms with Gasteiger partial charge < -0.3 is 15.9 Å². The summed E-state index contributed by atoms with van der Waals surface area (Å²) in [5.41, 5.74) is 4.04. The van der Waals surface area contributed by atoms with E-state index in [1.54, 1.807) is 12.1 Å². The Kier molecular flexibility index (Phi) is 4.64. The van der Waals surface area contributed by atoms with E-state index >= 15 is 0 Å². The van der Waals surface area contributed by atoms with Gasteiger partial charge in [-0.05, 0) is 22.8 Å². The maximum Gasteiger partial charge on any atom is 0.311 e. The first-order valence-corrected chi connectivity index (χ1v) is 7.03. The SMILES string of the molecule is NC(=O)CC(CC(=O)O)(Cc1ccc2ccccc2c1)C(=O)O. The quantitative estimate of drug-likeness (QED) is 0.720. The molecule has 120 valence electrons. The summed E-state index contributed by atoms with van der Waals surface area (Å²) in [6.07, 6.45) is -1.28. The summed E-state index contributed by atoms with van der Waals surface area (Å²) in [5.74, 6) is -3.46. The number of aliphatic carboxylic acids is 2. The Balaban J connectivity index is 2.43. The standard InChI is InChI=1S/C17H17NO5/c18-14(19)9-17(16(22)23,10-15(20)21)8-11-5-6-12-3-1-2-4-13(12)7-11/h1-7H,8-10H2,(H2,18,19)(H,20,21)(H,22,23). The van der Waals surface area contributed by atoms with E-state index in [2.05, 4.69) is 0 Å². The molecule has 2 rings (SSSR count). The van der Waals surface area contributed by atoms with Crippen LogP contribution in [0.1, 0.15) is 18.4 Å². The summed E-state index contributed by atoms with van der Waals surface area (Å²) in [5, 5.41) is 20.5. The summed E-state index contributed by atoms with van der Waals surface area (Å²) < 4.78 is 0. The normalized spacial score (nSPS) is 13.4. The summed E-state index contributed by atoms with van der Waals surface area (Å²) in [6.45, 7) is 0. The molecule has 4 N–H and O–H groups in total. The van der Waals surface area contributed by atoms with Gasteiger partial charge in [0.15, 0.2) is 0 Å². The van der Waals surface area contributed by atoms with Crippen LogP contribution >= 0.6 is 0 Å². The van der Waals surface area contributed by atoms with Crippen LogP contribution in [0.5, 0.6) is 0 Å². The molecule has 2 aromatic carbocycles. The summed E-state index contributed by atoms with van der Waals surface area (Å²) in [7, 11) is 0. The lowest BCUT2D eigenvalue weighted by atomic mass is 9.75. The van der Waals surface area contributed by atoms with Gasteiger partial charge in [0, 0.05) is 6.42 Å². The Morgan fingerprint density at radius 1 is 0.957 bits per heavy atom. The first kappa shape index (κ1) is 16.5. The van der Waals surface area contributed by atoms with E-state index < -0.39 is 36.1 Å². The molecule has 0 spiro atoms. The third kappa shape index (κ3) is 3.85. The van der Waals surface area contributed by atoms with Gasteiger partial charge in [-0.1, -0.05) is 42.5 Å². The molecule has 1 atom stereocenters. The molecule has 0 aliphatic carbocycles. The van der Waals surface area contributed by atoms with Gasteiger partial charge in [0.05, 0.1) is 11.8 Å². The fourth-order valence-corrected chi connectivity index (χ4v) is 2.78. The number of fused-ring (bicyclic) bond motifs is 1. The van der Waals surface area contributed by atoms with Crippen molar-refractivity contribution in [2.75, 3.05) is 0 Å². The molecular weight excluding hydrogens is 298 g/mol. The van der Waals surface area contributed by atoms with Crippen molar-refractivity contribution in [3.05, 3.63) is 48.0 Å². The highest BCUT2D eigenvalue weighted by Crippen LogP contribution is 2.33. The number of nitrogens with two attached hydrogens (primary N) is 1. The van der Waals surface area contributed by atoms with Crippen molar-refractivity contribution in [1.29, 1.82) is 0 Å². The van der Waals surface area contributed by atoms with Crippen LogP contribution < -0.4 is 5.73 Å². The van der Waals surface area contributed by atoms with E-state index in [1.165, 1.54) is 0 Å². The number of hydrogen-bond acceptors (Lipinski definition) is 3. The average molecular weight is 315 g/mol. The van der Waals surface area contributed by atoms with Crippen molar-refractivity contribution in [2.45, 2.75) is 19.3 Å². The molecule has 0 aliphatic rings. The molecule has 2 aromatic rings. The van der Waals surface area contributed by atoms with Crippen molar-refractivity contribution in [2.24, 2.45) is 11.1 Å². The van der Waals surface area contributed by atoms with Crippen molar-refractivity contribution in [1.82, 2.24) is 0 Å². The Labute approximate surface area is 132 Å². The Morgan fingerprint density at radius 2 is 1.61 bits per heavy atom. The van der Waals surface area contributed by atoms with Gasteiger partial charge in [0.1, 0.15) is 0 Å². The molecular formula is C17H17NO5. The van der Waals surface area contributed by atoms with Crippen molar-refractivity contribution in [3.8, 4) is 0 Å². The van der Waals surface area contributed by atoms with Gasteiger partial charge in [0.25, 0.3) is 0 Å². The highest BCUT2D eigenvalue weighted by Gasteiger charge is 2.42. The predicted molar refractivity (Wildman–Crippen MR) is 83.8 cm³/mol. The lowest BCUT2D eigenvalue weighted by molar-refractivity contribution is -0.157. The second-order valence-electron chi connectivity index (χ2n) is 5.66. The lowest BCUT2D eigenvalue weighted by Crippen LogP contribution is -2.39. The van der Waals surface area contributed by atoms with Gasteiger partial charge >= 0.3 is 11.9 Å².